The van der Waals surface area contributed by atoms with E-state index in [9.17, 15) is 9.59 Å². The Labute approximate surface area is 165 Å². The summed E-state index contributed by atoms with van der Waals surface area (Å²) in [5.41, 5.74) is 3.97. The number of rotatable bonds is 4. The van der Waals surface area contributed by atoms with Gasteiger partial charge in [0, 0.05) is 6.07 Å². The molecule has 2 aromatic heterocycles. The first-order valence-corrected chi connectivity index (χ1v) is 9.62. The van der Waals surface area contributed by atoms with E-state index in [4.69, 9.17) is 0 Å². The van der Waals surface area contributed by atoms with Crippen LogP contribution in [0.3, 0.4) is 0 Å². The number of fused-ring (bicyclic) bond motifs is 1. The van der Waals surface area contributed by atoms with Gasteiger partial charge in [0.2, 0.25) is 0 Å². The van der Waals surface area contributed by atoms with Gasteiger partial charge in [0.05, 0.1) is 16.8 Å². The SMILES string of the molecule is Cc1ccc(Cn2nc(C(=O)Nc3nc4ccc(C)cc4s3)ccc2=O)cc1. The van der Waals surface area contributed by atoms with Gasteiger partial charge >= 0.3 is 0 Å². The maximum Gasteiger partial charge on any atom is 0.277 e. The average molecular weight is 390 g/mol. The molecule has 1 amide bonds. The van der Waals surface area contributed by atoms with Gasteiger partial charge in [-0.05, 0) is 43.2 Å². The number of benzene rings is 2. The lowest BCUT2D eigenvalue weighted by molar-refractivity contribution is 0.102. The summed E-state index contributed by atoms with van der Waals surface area (Å²) in [6.07, 6.45) is 0. The Bertz CT molecular complexity index is 1230. The van der Waals surface area contributed by atoms with E-state index < -0.39 is 5.91 Å². The van der Waals surface area contributed by atoms with Crippen molar-refractivity contribution < 1.29 is 4.79 Å². The number of hydrogen-bond donors (Lipinski definition) is 1. The molecular formula is C21H18N4O2S. The number of carbonyl (C=O) groups is 1. The quantitative estimate of drug-likeness (QED) is 0.575. The van der Waals surface area contributed by atoms with E-state index in [1.54, 1.807) is 0 Å². The van der Waals surface area contributed by atoms with Crippen LogP contribution in [0.2, 0.25) is 0 Å². The van der Waals surface area contributed by atoms with Crippen LogP contribution in [0.5, 0.6) is 0 Å². The summed E-state index contributed by atoms with van der Waals surface area (Å²) in [5.74, 6) is -0.395. The second-order valence-corrected chi connectivity index (χ2v) is 7.68. The molecule has 0 bridgehead atoms. The summed E-state index contributed by atoms with van der Waals surface area (Å²) in [6.45, 7) is 4.32. The molecule has 2 aromatic carbocycles. The van der Waals surface area contributed by atoms with Crippen molar-refractivity contribution in [1.82, 2.24) is 14.8 Å². The van der Waals surface area contributed by atoms with Crippen LogP contribution in [-0.4, -0.2) is 20.7 Å². The lowest BCUT2D eigenvalue weighted by atomic mass is 10.1. The van der Waals surface area contributed by atoms with Crippen LogP contribution in [-0.2, 0) is 6.54 Å². The minimum atomic E-state index is -0.395. The fourth-order valence-electron chi connectivity index (χ4n) is 2.80. The van der Waals surface area contributed by atoms with Gasteiger partial charge in [0.1, 0.15) is 5.69 Å². The molecular weight excluding hydrogens is 372 g/mol. The highest BCUT2D eigenvalue weighted by Crippen LogP contribution is 2.26. The van der Waals surface area contributed by atoms with Crippen molar-refractivity contribution >= 4 is 32.6 Å². The molecule has 0 aliphatic carbocycles. The van der Waals surface area contributed by atoms with E-state index in [-0.39, 0.29) is 11.3 Å². The molecule has 4 aromatic rings. The first kappa shape index (κ1) is 18.1. The van der Waals surface area contributed by atoms with Crippen molar-refractivity contribution in [2.24, 2.45) is 0 Å². The highest BCUT2D eigenvalue weighted by Gasteiger charge is 2.13. The van der Waals surface area contributed by atoms with Crippen LogP contribution in [0, 0.1) is 13.8 Å². The Hall–Kier alpha value is -3.32. The van der Waals surface area contributed by atoms with E-state index in [1.807, 2.05) is 56.3 Å². The minimum absolute atomic E-state index is 0.169. The summed E-state index contributed by atoms with van der Waals surface area (Å²) in [4.78, 5) is 29.2. The van der Waals surface area contributed by atoms with Crippen LogP contribution in [0.1, 0.15) is 27.2 Å². The number of thiazole rings is 1. The third kappa shape index (κ3) is 3.84. The van der Waals surface area contributed by atoms with Gasteiger partial charge in [0.25, 0.3) is 11.5 Å². The van der Waals surface area contributed by atoms with E-state index in [0.717, 1.165) is 26.9 Å². The maximum atomic E-state index is 12.6. The van der Waals surface area contributed by atoms with E-state index in [2.05, 4.69) is 15.4 Å². The second kappa shape index (κ2) is 7.36. The third-order valence-electron chi connectivity index (χ3n) is 4.32. The van der Waals surface area contributed by atoms with Crippen molar-refractivity contribution in [3.05, 3.63) is 87.3 Å². The first-order chi connectivity index (χ1) is 13.5. The fourth-order valence-corrected chi connectivity index (χ4v) is 3.76. The zero-order chi connectivity index (χ0) is 19.7. The highest BCUT2D eigenvalue weighted by atomic mass is 32.1. The van der Waals surface area contributed by atoms with Crippen molar-refractivity contribution in [3.63, 3.8) is 0 Å². The number of carbonyl (C=O) groups excluding carboxylic acids is 1. The maximum absolute atomic E-state index is 12.6. The first-order valence-electron chi connectivity index (χ1n) is 8.80. The van der Waals surface area contributed by atoms with Crippen LogP contribution >= 0.6 is 11.3 Å². The van der Waals surface area contributed by atoms with E-state index in [1.165, 1.54) is 28.2 Å². The van der Waals surface area contributed by atoms with Gasteiger partial charge < -0.3 is 0 Å². The largest absolute Gasteiger partial charge is 0.296 e. The summed E-state index contributed by atoms with van der Waals surface area (Å²) < 4.78 is 2.30. The normalized spacial score (nSPS) is 10.9. The van der Waals surface area contributed by atoms with Crippen molar-refractivity contribution in [2.45, 2.75) is 20.4 Å². The molecule has 0 saturated heterocycles. The van der Waals surface area contributed by atoms with Gasteiger partial charge in [-0.15, -0.1) is 0 Å². The number of aryl methyl sites for hydroxylation is 2. The minimum Gasteiger partial charge on any atom is -0.296 e. The van der Waals surface area contributed by atoms with Crippen molar-refractivity contribution in [3.8, 4) is 0 Å². The number of anilines is 1. The van der Waals surface area contributed by atoms with Gasteiger partial charge in [-0.1, -0.05) is 47.2 Å². The molecule has 28 heavy (non-hydrogen) atoms. The Morgan fingerprint density at radius 2 is 1.79 bits per heavy atom. The molecule has 7 heteroatoms. The van der Waals surface area contributed by atoms with Crippen LogP contribution < -0.4 is 10.9 Å². The molecule has 2 heterocycles. The Balaban J connectivity index is 1.56. The van der Waals surface area contributed by atoms with Gasteiger partial charge in [-0.2, -0.15) is 5.10 Å². The Kier molecular flexibility index (Phi) is 4.75. The van der Waals surface area contributed by atoms with Gasteiger partial charge in [-0.3, -0.25) is 14.9 Å². The molecule has 0 radical (unpaired) electrons. The van der Waals surface area contributed by atoms with Crippen molar-refractivity contribution in [2.75, 3.05) is 5.32 Å². The number of nitrogens with zero attached hydrogens (tertiary/aromatic N) is 3. The van der Waals surface area contributed by atoms with E-state index >= 15 is 0 Å². The molecule has 0 aliphatic heterocycles. The fraction of sp³-hybridized carbons (Fsp3) is 0.143. The number of amides is 1. The van der Waals surface area contributed by atoms with Crippen LogP contribution in [0.4, 0.5) is 5.13 Å². The molecule has 0 saturated carbocycles. The van der Waals surface area contributed by atoms with Crippen molar-refractivity contribution in [1.29, 1.82) is 0 Å². The number of nitrogens with one attached hydrogen (secondary N) is 1. The molecule has 0 atom stereocenters. The monoisotopic (exact) mass is 390 g/mol. The molecule has 4 rings (SSSR count). The molecule has 0 spiro atoms. The predicted octanol–water partition coefficient (Wildman–Crippen LogP) is 3.77. The predicted molar refractivity (Wildman–Crippen MR) is 111 cm³/mol. The van der Waals surface area contributed by atoms with E-state index in [0.29, 0.717) is 11.7 Å². The highest BCUT2D eigenvalue weighted by molar-refractivity contribution is 7.22. The Morgan fingerprint density at radius 3 is 2.57 bits per heavy atom. The third-order valence-corrected chi connectivity index (χ3v) is 5.25. The summed E-state index contributed by atoms with van der Waals surface area (Å²) >= 11 is 1.41. The zero-order valence-corrected chi connectivity index (χ0v) is 16.3. The number of hydrogen-bond acceptors (Lipinski definition) is 5. The molecule has 0 unspecified atom stereocenters. The summed E-state index contributed by atoms with van der Waals surface area (Å²) in [5, 5.41) is 7.50. The van der Waals surface area contributed by atoms with Gasteiger partial charge in [-0.25, -0.2) is 9.67 Å². The van der Waals surface area contributed by atoms with Crippen LogP contribution in [0.15, 0.2) is 59.4 Å². The molecule has 0 aliphatic rings. The molecule has 140 valence electrons. The summed E-state index contributed by atoms with van der Waals surface area (Å²) in [7, 11) is 0. The standard InChI is InChI=1S/C21H18N4O2S/c1-13-3-6-15(7-4-13)12-25-19(26)10-9-17(24-25)20(27)23-21-22-16-8-5-14(2)11-18(16)28-21/h3-11H,12H2,1-2H3,(H,22,23,27). The topological polar surface area (TPSA) is 76.9 Å². The van der Waals surface area contributed by atoms with Crippen LogP contribution in [0.25, 0.3) is 10.2 Å². The van der Waals surface area contributed by atoms with Gasteiger partial charge in [0.15, 0.2) is 5.13 Å². The summed E-state index contributed by atoms with van der Waals surface area (Å²) in [6, 6.07) is 16.6. The Morgan fingerprint density at radius 1 is 1.04 bits per heavy atom. The molecule has 1 N–H and O–H groups in total. The smallest absolute Gasteiger partial charge is 0.277 e. The molecule has 6 nitrogen and oxygen atoms in total. The zero-order valence-electron chi connectivity index (χ0n) is 15.5. The lowest BCUT2D eigenvalue weighted by Crippen LogP contribution is -2.26. The lowest BCUT2D eigenvalue weighted by Gasteiger charge is -2.07. The average Bonchev–Trinajstić information content (AvgIpc) is 3.06. The second-order valence-electron chi connectivity index (χ2n) is 6.64. The number of aromatic nitrogens is 3. The molecule has 0 fully saturated rings.